The SMILES string of the molecule is CC(C)CN1CCC(OC2CN(CC(C)C)C2)CC1. The molecule has 0 aliphatic carbocycles. The number of rotatable bonds is 6. The Labute approximate surface area is 119 Å². The first-order valence-corrected chi connectivity index (χ1v) is 8.13. The Balaban J connectivity index is 1.57. The van der Waals surface area contributed by atoms with Crippen LogP contribution in [0.25, 0.3) is 0 Å². The Bertz CT molecular complexity index is 253. The summed E-state index contributed by atoms with van der Waals surface area (Å²) in [7, 11) is 0. The molecule has 0 radical (unpaired) electrons. The van der Waals surface area contributed by atoms with Gasteiger partial charge in [-0.1, -0.05) is 27.7 Å². The first-order chi connectivity index (χ1) is 9.02. The van der Waals surface area contributed by atoms with Gasteiger partial charge in [0.25, 0.3) is 0 Å². The summed E-state index contributed by atoms with van der Waals surface area (Å²) < 4.78 is 6.22. The van der Waals surface area contributed by atoms with Crippen molar-refractivity contribution in [3.8, 4) is 0 Å². The number of likely N-dealkylation sites (tertiary alicyclic amines) is 2. The van der Waals surface area contributed by atoms with Crippen molar-refractivity contribution in [1.82, 2.24) is 9.80 Å². The van der Waals surface area contributed by atoms with Gasteiger partial charge in [-0.2, -0.15) is 0 Å². The average molecular weight is 268 g/mol. The molecular weight excluding hydrogens is 236 g/mol. The monoisotopic (exact) mass is 268 g/mol. The number of hydrogen-bond donors (Lipinski definition) is 0. The molecular formula is C16H32N2O. The molecule has 0 aromatic carbocycles. The highest BCUT2D eigenvalue weighted by Crippen LogP contribution is 2.21. The Hall–Kier alpha value is -0.120. The van der Waals surface area contributed by atoms with Gasteiger partial charge < -0.3 is 9.64 Å². The van der Waals surface area contributed by atoms with Crippen LogP contribution in [0.1, 0.15) is 40.5 Å². The van der Waals surface area contributed by atoms with E-state index in [9.17, 15) is 0 Å². The topological polar surface area (TPSA) is 15.7 Å². The molecule has 0 atom stereocenters. The normalized spacial score (nSPS) is 24.3. The highest BCUT2D eigenvalue weighted by molar-refractivity contribution is 4.83. The van der Waals surface area contributed by atoms with E-state index < -0.39 is 0 Å². The standard InChI is InChI=1S/C16H32N2O/c1-13(2)9-17-7-5-15(6-8-17)19-16-11-18(12-16)10-14(3)4/h13-16H,5-12H2,1-4H3. The maximum absolute atomic E-state index is 6.22. The fourth-order valence-corrected chi connectivity index (χ4v) is 3.29. The molecule has 3 nitrogen and oxygen atoms in total. The molecule has 112 valence electrons. The van der Waals surface area contributed by atoms with Gasteiger partial charge >= 0.3 is 0 Å². The van der Waals surface area contributed by atoms with Crippen molar-refractivity contribution in [2.75, 3.05) is 39.3 Å². The summed E-state index contributed by atoms with van der Waals surface area (Å²) in [6.45, 7) is 16.4. The van der Waals surface area contributed by atoms with Crippen molar-refractivity contribution in [1.29, 1.82) is 0 Å². The lowest BCUT2D eigenvalue weighted by Crippen LogP contribution is -2.55. The Morgan fingerprint density at radius 2 is 1.37 bits per heavy atom. The molecule has 2 aliphatic rings. The van der Waals surface area contributed by atoms with Gasteiger partial charge in [0.15, 0.2) is 0 Å². The summed E-state index contributed by atoms with van der Waals surface area (Å²) in [5.41, 5.74) is 0. The van der Waals surface area contributed by atoms with Gasteiger partial charge in [0.05, 0.1) is 12.2 Å². The average Bonchev–Trinajstić information content (AvgIpc) is 2.27. The van der Waals surface area contributed by atoms with E-state index in [4.69, 9.17) is 4.74 Å². The van der Waals surface area contributed by atoms with Crippen LogP contribution in [-0.4, -0.2) is 61.3 Å². The second-order valence-corrected chi connectivity index (χ2v) is 7.26. The molecule has 0 N–H and O–H groups in total. The molecule has 2 heterocycles. The summed E-state index contributed by atoms with van der Waals surface area (Å²) in [6.07, 6.45) is 3.50. The molecule has 0 bridgehead atoms. The number of piperidine rings is 1. The van der Waals surface area contributed by atoms with Crippen molar-refractivity contribution in [2.45, 2.75) is 52.7 Å². The minimum atomic E-state index is 0.514. The van der Waals surface area contributed by atoms with Crippen molar-refractivity contribution in [3.63, 3.8) is 0 Å². The highest BCUT2D eigenvalue weighted by atomic mass is 16.5. The van der Waals surface area contributed by atoms with Crippen molar-refractivity contribution >= 4 is 0 Å². The summed E-state index contributed by atoms with van der Waals surface area (Å²) in [5.74, 6) is 1.56. The molecule has 0 aromatic heterocycles. The smallest absolute Gasteiger partial charge is 0.0832 e. The Kier molecular flexibility index (Phi) is 5.67. The lowest BCUT2D eigenvalue weighted by atomic mass is 10.0. The van der Waals surface area contributed by atoms with Crippen LogP contribution in [0.3, 0.4) is 0 Å². The number of hydrogen-bond acceptors (Lipinski definition) is 3. The third-order valence-corrected chi connectivity index (χ3v) is 4.09. The van der Waals surface area contributed by atoms with E-state index in [1.165, 1.54) is 39.0 Å². The first kappa shape index (κ1) is 15.3. The summed E-state index contributed by atoms with van der Waals surface area (Å²) in [5, 5.41) is 0. The van der Waals surface area contributed by atoms with Crippen molar-refractivity contribution < 1.29 is 4.74 Å². The van der Waals surface area contributed by atoms with Gasteiger partial charge in [-0.3, -0.25) is 4.90 Å². The molecule has 2 saturated heterocycles. The lowest BCUT2D eigenvalue weighted by Gasteiger charge is -2.43. The molecule has 0 aromatic rings. The molecule has 19 heavy (non-hydrogen) atoms. The zero-order valence-electron chi connectivity index (χ0n) is 13.3. The predicted molar refractivity (Wildman–Crippen MR) is 80.5 cm³/mol. The maximum atomic E-state index is 6.22. The number of nitrogens with zero attached hydrogens (tertiary/aromatic N) is 2. The lowest BCUT2D eigenvalue weighted by molar-refractivity contribution is -0.109. The largest absolute Gasteiger partial charge is 0.372 e. The van der Waals surface area contributed by atoms with E-state index in [0.717, 1.165) is 24.9 Å². The predicted octanol–water partition coefficient (Wildman–Crippen LogP) is 2.46. The van der Waals surface area contributed by atoms with Crippen molar-refractivity contribution in [3.05, 3.63) is 0 Å². The van der Waals surface area contributed by atoms with Gasteiger partial charge in [-0.15, -0.1) is 0 Å². The summed E-state index contributed by atoms with van der Waals surface area (Å²) >= 11 is 0. The second kappa shape index (κ2) is 7.05. The minimum absolute atomic E-state index is 0.514. The van der Waals surface area contributed by atoms with Gasteiger partial charge in [-0.25, -0.2) is 0 Å². The van der Waals surface area contributed by atoms with E-state index in [1.54, 1.807) is 0 Å². The van der Waals surface area contributed by atoms with E-state index in [0.29, 0.717) is 12.2 Å². The fraction of sp³-hybridized carbons (Fsp3) is 1.00. The van der Waals surface area contributed by atoms with E-state index >= 15 is 0 Å². The zero-order chi connectivity index (χ0) is 13.8. The molecule has 2 rings (SSSR count). The molecule has 0 saturated carbocycles. The van der Waals surface area contributed by atoms with Crippen LogP contribution in [0.15, 0.2) is 0 Å². The van der Waals surface area contributed by atoms with E-state index in [-0.39, 0.29) is 0 Å². The van der Waals surface area contributed by atoms with Crippen LogP contribution in [-0.2, 0) is 4.74 Å². The van der Waals surface area contributed by atoms with Crippen LogP contribution in [0, 0.1) is 11.8 Å². The van der Waals surface area contributed by atoms with E-state index in [2.05, 4.69) is 37.5 Å². The van der Waals surface area contributed by atoms with Crippen LogP contribution >= 0.6 is 0 Å². The molecule has 2 fully saturated rings. The molecule has 2 aliphatic heterocycles. The Morgan fingerprint density at radius 3 is 1.89 bits per heavy atom. The second-order valence-electron chi connectivity index (χ2n) is 7.26. The van der Waals surface area contributed by atoms with Gasteiger partial charge in [0.1, 0.15) is 0 Å². The number of ether oxygens (including phenoxy) is 1. The molecule has 0 amide bonds. The highest BCUT2D eigenvalue weighted by Gasteiger charge is 2.31. The minimum Gasteiger partial charge on any atom is -0.372 e. The van der Waals surface area contributed by atoms with Gasteiger partial charge in [0, 0.05) is 39.3 Å². The van der Waals surface area contributed by atoms with E-state index in [1.807, 2.05) is 0 Å². The summed E-state index contributed by atoms with van der Waals surface area (Å²) in [4.78, 5) is 5.11. The Morgan fingerprint density at radius 1 is 0.842 bits per heavy atom. The molecule has 3 heteroatoms. The quantitative estimate of drug-likeness (QED) is 0.736. The van der Waals surface area contributed by atoms with Gasteiger partial charge in [-0.05, 0) is 24.7 Å². The fourth-order valence-electron chi connectivity index (χ4n) is 3.29. The third kappa shape index (κ3) is 5.05. The van der Waals surface area contributed by atoms with Gasteiger partial charge in [0.2, 0.25) is 0 Å². The van der Waals surface area contributed by atoms with Crippen molar-refractivity contribution in [2.24, 2.45) is 11.8 Å². The van der Waals surface area contributed by atoms with Crippen LogP contribution in [0.2, 0.25) is 0 Å². The van der Waals surface area contributed by atoms with Crippen LogP contribution < -0.4 is 0 Å². The molecule has 0 spiro atoms. The zero-order valence-corrected chi connectivity index (χ0v) is 13.3. The third-order valence-electron chi connectivity index (χ3n) is 4.09. The van der Waals surface area contributed by atoms with Crippen LogP contribution in [0.5, 0.6) is 0 Å². The maximum Gasteiger partial charge on any atom is 0.0832 e. The first-order valence-electron chi connectivity index (χ1n) is 8.13. The summed E-state index contributed by atoms with van der Waals surface area (Å²) in [6, 6.07) is 0. The molecule has 0 unspecified atom stereocenters. The van der Waals surface area contributed by atoms with Crippen LogP contribution in [0.4, 0.5) is 0 Å².